The van der Waals surface area contributed by atoms with Crippen molar-refractivity contribution in [1.29, 1.82) is 0 Å². The van der Waals surface area contributed by atoms with Crippen molar-refractivity contribution in [2.75, 3.05) is 6.61 Å². The molecule has 0 saturated carbocycles. The molecule has 21 heavy (non-hydrogen) atoms. The van der Waals surface area contributed by atoms with Crippen LogP contribution in [-0.2, 0) is 0 Å². The largest absolute Gasteiger partial charge is 0.486 e. The maximum Gasteiger partial charge on any atom is 0.340 e. The molecule has 112 valence electrons. The highest BCUT2D eigenvalue weighted by molar-refractivity contribution is 7.80. The number of aromatic nitrogens is 1. The molecule has 2 rings (SSSR count). The summed E-state index contributed by atoms with van der Waals surface area (Å²) in [5.74, 6) is -4.34. The van der Waals surface area contributed by atoms with Gasteiger partial charge in [0.2, 0.25) is 0 Å². The Balaban J connectivity index is 2.45. The molecule has 0 bridgehead atoms. The maximum absolute atomic E-state index is 13.0. The number of hydrogen-bond donors (Lipinski definition) is 1. The van der Waals surface area contributed by atoms with Crippen LogP contribution in [-0.4, -0.2) is 28.9 Å². The number of para-hydroxylation sites is 1. The lowest BCUT2D eigenvalue weighted by Gasteiger charge is -2.18. The summed E-state index contributed by atoms with van der Waals surface area (Å²) in [5, 5.41) is 0.368. The summed E-state index contributed by atoms with van der Waals surface area (Å²) in [5.41, 5.74) is 6.05. The van der Waals surface area contributed by atoms with Crippen LogP contribution in [0.25, 0.3) is 10.9 Å². The lowest BCUT2D eigenvalue weighted by Crippen LogP contribution is -2.34. The molecule has 0 fully saturated rings. The second-order valence-electron chi connectivity index (χ2n) is 4.23. The molecule has 0 aliphatic carbocycles. The number of thiocarbonyl (C=S) groups is 1. The van der Waals surface area contributed by atoms with E-state index in [9.17, 15) is 17.6 Å². The zero-order valence-electron chi connectivity index (χ0n) is 10.5. The number of nitrogens with two attached hydrogens (primary N) is 1. The molecule has 8 heteroatoms. The zero-order chi connectivity index (χ0) is 15.6. The third-order valence-electron chi connectivity index (χ3n) is 2.72. The van der Waals surface area contributed by atoms with E-state index in [0.717, 1.165) is 0 Å². The predicted molar refractivity (Wildman–Crippen MR) is 74.1 cm³/mol. The molecule has 1 aromatic heterocycles. The Morgan fingerprint density at radius 2 is 2.00 bits per heavy atom. The number of ether oxygens (including phenoxy) is 1. The van der Waals surface area contributed by atoms with Crippen LogP contribution in [0.5, 0.6) is 5.75 Å². The van der Waals surface area contributed by atoms with Crippen LogP contribution in [0.1, 0.15) is 5.56 Å². The molecule has 0 radical (unpaired) electrons. The molecule has 0 aliphatic rings. The van der Waals surface area contributed by atoms with Gasteiger partial charge in [0.1, 0.15) is 10.7 Å². The third kappa shape index (κ3) is 3.21. The van der Waals surface area contributed by atoms with Gasteiger partial charge in [-0.05, 0) is 12.1 Å². The lowest BCUT2D eigenvalue weighted by atomic mass is 10.1. The van der Waals surface area contributed by atoms with Crippen molar-refractivity contribution in [3.05, 3.63) is 36.0 Å². The van der Waals surface area contributed by atoms with Gasteiger partial charge in [-0.3, -0.25) is 4.98 Å². The van der Waals surface area contributed by atoms with Gasteiger partial charge in [-0.1, -0.05) is 24.4 Å². The number of rotatable bonds is 5. The van der Waals surface area contributed by atoms with E-state index in [1.54, 1.807) is 24.3 Å². The first-order valence-corrected chi connectivity index (χ1v) is 6.20. The fraction of sp³-hybridized carbons (Fsp3) is 0.231. The summed E-state index contributed by atoms with van der Waals surface area (Å²) in [6.45, 7) is -1.48. The summed E-state index contributed by atoms with van der Waals surface area (Å²) in [6.07, 6.45) is -2.56. The van der Waals surface area contributed by atoms with Gasteiger partial charge < -0.3 is 10.5 Å². The summed E-state index contributed by atoms with van der Waals surface area (Å²) in [6, 6.07) is 6.50. The van der Waals surface area contributed by atoms with E-state index >= 15 is 0 Å². The lowest BCUT2D eigenvalue weighted by molar-refractivity contribution is -0.148. The van der Waals surface area contributed by atoms with Gasteiger partial charge in [-0.15, -0.1) is 0 Å². The van der Waals surface area contributed by atoms with E-state index in [1.807, 2.05) is 0 Å². The van der Waals surface area contributed by atoms with Crippen molar-refractivity contribution in [3.63, 3.8) is 0 Å². The summed E-state index contributed by atoms with van der Waals surface area (Å²) < 4.78 is 55.3. The molecule has 0 unspecified atom stereocenters. The minimum absolute atomic E-state index is 0.0755. The highest BCUT2D eigenvalue weighted by Gasteiger charge is 2.42. The van der Waals surface area contributed by atoms with E-state index < -0.39 is 19.0 Å². The number of halogens is 4. The Labute approximate surface area is 122 Å². The van der Waals surface area contributed by atoms with Crippen molar-refractivity contribution in [2.24, 2.45) is 5.73 Å². The summed E-state index contributed by atoms with van der Waals surface area (Å²) in [7, 11) is 0. The van der Waals surface area contributed by atoms with Gasteiger partial charge in [0.25, 0.3) is 0 Å². The van der Waals surface area contributed by atoms with E-state index in [4.69, 9.17) is 22.7 Å². The molecule has 0 amide bonds. The number of hydrogen-bond acceptors (Lipinski definition) is 3. The molecule has 2 aromatic rings. The van der Waals surface area contributed by atoms with Gasteiger partial charge in [0.05, 0.1) is 11.1 Å². The fourth-order valence-corrected chi connectivity index (χ4v) is 1.82. The first-order chi connectivity index (χ1) is 9.83. The second kappa shape index (κ2) is 5.80. The quantitative estimate of drug-likeness (QED) is 0.679. The molecule has 3 nitrogen and oxygen atoms in total. The van der Waals surface area contributed by atoms with Crippen LogP contribution < -0.4 is 10.5 Å². The zero-order valence-corrected chi connectivity index (χ0v) is 11.3. The highest BCUT2D eigenvalue weighted by Crippen LogP contribution is 2.31. The van der Waals surface area contributed by atoms with Crippen molar-refractivity contribution >= 4 is 28.1 Å². The predicted octanol–water partition coefficient (Wildman–Crippen LogP) is 3.15. The van der Waals surface area contributed by atoms with Gasteiger partial charge in [0.15, 0.2) is 6.61 Å². The molecule has 0 spiro atoms. The van der Waals surface area contributed by atoms with E-state index in [-0.39, 0.29) is 16.3 Å². The fourth-order valence-electron chi connectivity index (χ4n) is 1.68. The Kier molecular flexibility index (Phi) is 4.26. The van der Waals surface area contributed by atoms with Crippen LogP contribution in [0, 0.1) is 0 Å². The van der Waals surface area contributed by atoms with Crippen LogP contribution in [0.3, 0.4) is 0 Å². The Hall–Kier alpha value is -1.96. The average molecular weight is 318 g/mol. The Bertz CT molecular complexity index is 678. The van der Waals surface area contributed by atoms with Crippen LogP contribution >= 0.6 is 12.2 Å². The number of benzene rings is 1. The van der Waals surface area contributed by atoms with Crippen LogP contribution in [0.2, 0.25) is 0 Å². The van der Waals surface area contributed by atoms with E-state index in [0.29, 0.717) is 10.9 Å². The summed E-state index contributed by atoms with van der Waals surface area (Å²) in [4.78, 5) is 3.94. The third-order valence-corrected chi connectivity index (χ3v) is 2.94. The Morgan fingerprint density at radius 3 is 2.62 bits per heavy atom. The van der Waals surface area contributed by atoms with Gasteiger partial charge >= 0.3 is 12.3 Å². The van der Waals surface area contributed by atoms with Crippen molar-refractivity contribution in [1.82, 2.24) is 4.98 Å². The average Bonchev–Trinajstić information content (AvgIpc) is 2.44. The first-order valence-electron chi connectivity index (χ1n) is 5.79. The van der Waals surface area contributed by atoms with Crippen molar-refractivity contribution in [3.8, 4) is 5.75 Å². The number of nitrogens with zero attached hydrogens (tertiary/aromatic N) is 1. The summed E-state index contributed by atoms with van der Waals surface area (Å²) >= 11 is 4.79. The van der Waals surface area contributed by atoms with Gasteiger partial charge in [-0.2, -0.15) is 8.78 Å². The monoisotopic (exact) mass is 318 g/mol. The molecule has 0 saturated heterocycles. The second-order valence-corrected chi connectivity index (χ2v) is 4.67. The van der Waals surface area contributed by atoms with Crippen LogP contribution in [0.4, 0.5) is 17.6 Å². The minimum Gasteiger partial charge on any atom is -0.486 e. The SMILES string of the molecule is NC(=S)c1cnc2ccccc2c1OCC(F)(F)C(F)F. The first kappa shape index (κ1) is 15.4. The molecular weight excluding hydrogens is 308 g/mol. The van der Waals surface area contributed by atoms with E-state index in [1.165, 1.54) is 6.20 Å². The highest BCUT2D eigenvalue weighted by atomic mass is 32.1. The number of alkyl halides is 4. The molecule has 0 aliphatic heterocycles. The molecule has 2 N–H and O–H groups in total. The van der Waals surface area contributed by atoms with E-state index in [2.05, 4.69) is 4.98 Å². The molecule has 0 atom stereocenters. The molecule has 1 aromatic carbocycles. The maximum atomic E-state index is 13.0. The molecule has 1 heterocycles. The normalized spacial score (nSPS) is 11.9. The standard InChI is InChI=1S/C13H10F4N2OS/c14-12(15)13(16,17)6-20-10-7-3-1-2-4-9(7)19-5-8(10)11(18)21/h1-5,12H,6H2,(H2,18,21). The smallest absolute Gasteiger partial charge is 0.340 e. The molecular formula is C13H10F4N2OS. The van der Waals surface area contributed by atoms with Crippen molar-refractivity contribution in [2.45, 2.75) is 12.3 Å². The topological polar surface area (TPSA) is 48.1 Å². The number of fused-ring (bicyclic) bond motifs is 1. The number of pyridine rings is 1. The Morgan fingerprint density at radius 1 is 1.33 bits per heavy atom. The van der Waals surface area contributed by atoms with Gasteiger partial charge in [0, 0.05) is 11.6 Å². The minimum atomic E-state index is -4.27. The van der Waals surface area contributed by atoms with Gasteiger partial charge in [-0.25, -0.2) is 8.78 Å². The van der Waals surface area contributed by atoms with Crippen molar-refractivity contribution < 1.29 is 22.3 Å². The van der Waals surface area contributed by atoms with Crippen LogP contribution in [0.15, 0.2) is 30.5 Å².